The van der Waals surface area contributed by atoms with E-state index in [0.29, 0.717) is 33.9 Å². The maximum absolute atomic E-state index is 13.1. The molecule has 4 aromatic carbocycles. The number of rotatable bonds is 5. The van der Waals surface area contributed by atoms with Crippen molar-refractivity contribution in [3.05, 3.63) is 107 Å². The van der Waals surface area contributed by atoms with Crippen LogP contribution in [0.15, 0.2) is 84.9 Å². The number of benzene rings is 4. The van der Waals surface area contributed by atoms with Crippen molar-refractivity contribution in [2.24, 2.45) is 0 Å². The number of carbonyl (C=O) groups is 1. The van der Waals surface area contributed by atoms with Crippen LogP contribution in [0.2, 0.25) is 0 Å². The lowest BCUT2D eigenvalue weighted by Gasteiger charge is -2.07. The SMILES string of the molecule is COc1ccc2cc(C3=[N+]([O-])c4cc(OCc5ccccc5)ccc4C3=O)ccc2c1. The second-order valence-electron chi connectivity index (χ2n) is 7.35. The first kappa shape index (κ1) is 18.9. The number of fused-ring (bicyclic) bond motifs is 2. The Hall–Kier alpha value is -4.12. The highest BCUT2D eigenvalue weighted by Crippen LogP contribution is 2.33. The van der Waals surface area contributed by atoms with Gasteiger partial charge >= 0.3 is 0 Å². The van der Waals surface area contributed by atoms with E-state index in [1.54, 1.807) is 31.4 Å². The van der Waals surface area contributed by atoms with E-state index < -0.39 is 0 Å². The van der Waals surface area contributed by atoms with E-state index >= 15 is 0 Å². The summed E-state index contributed by atoms with van der Waals surface area (Å²) in [5.74, 6) is 1.02. The normalized spacial score (nSPS) is 12.9. The molecule has 31 heavy (non-hydrogen) atoms. The Balaban J connectivity index is 1.47. The van der Waals surface area contributed by atoms with Crippen LogP contribution < -0.4 is 9.47 Å². The molecule has 0 saturated carbocycles. The van der Waals surface area contributed by atoms with Crippen LogP contribution in [0.25, 0.3) is 10.8 Å². The average Bonchev–Trinajstić information content (AvgIpc) is 3.07. The number of ether oxygens (including phenoxy) is 2. The molecule has 0 spiro atoms. The van der Waals surface area contributed by atoms with Gasteiger partial charge in [0, 0.05) is 0 Å². The van der Waals surface area contributed by atoms with Crippen molar-refractivity contribution in [3.8, 4) is 11.5 Å². The van der Waals surface area contributed by atoms with Gasteiger partial charge in [0.25, 0.3) is 11.5 Å². The number of Topliss-reactive ketones (excluding diaryl/α,β-unsaturated/α-hetero) is 1. The Kier molecular flexibility index (Phi) is 4.64. The first-order valence-electron chi connectivity index (χ1n) is 9.92. The molecule has 0 saturated heterocycles. The van der Waals surface area contributed by atoms with E-state index in [2.05, 4.69) is 0 Å². The molecule has 0 N–H and O–H groups in total. The molecule has 0 atom stereocenters. The summed E-state index contributed by atoms with van der Waals surface area (Å²) < 4.78 is 11.8. The minimum Gasteiger partial charge on any atom is -0.618 e. The van der Waals surface area contributed by atoms with Gasteiger partial charge in [-0.25, -0.2) is 0 Å². The van der Waals surface area contributed by atoms with Crippen molar-refractivity contribution in [1.29, 1.82) is 0 Å². The largest absolute Gasteiger partial charge is 0.618 e. The lowest BCUT2D eigenvalue weighted by atomic mass is 9.99. The first-order valence-corrected chi connectivity index (χ1v) is 9.92. The molecule has 0 aromatic heterocycles. The molecule has 0 unspecified atom stereocenters. The average molecular weight is 409 g/mol. The summed E-state index contributed by atoms with van der Waals surface area (Å²) in [5, 5.41) is 15.0. The standard InChI is InChI=1S/C26H19NO4/c1-30-21-10-9-18-13-20(8-7-19(18)14-21)25-26(28)23-12-11-22(15-24(23)27(25)29)31-16-17-5-3-2-4-6-17/h2-15H,16H2,1H3. The van der Waals surface area contributed by atoms with Gasteiger partial charge in [0.2, 0.25) is 5.69 Å². The first-order chi connectivity index (χ1) is 15.1. The second-order valence-corrected chi connectivity index (χ2v) is 7.35. The summed E-state index contributed by atoms with van der Waals surface area (Å²) in [4.78, 5) is 13.0. The topological polar surface area (TPSA) is 61.6 Å². The van der Waals surface area contributed by atoms with E-state index in [4.69, 9.17) is 9.47 Å². The summed E-state index contributed by atoms with van der Waals surface area (Å²) in [5.41, 5.74) is 2.42. The Labute approximate surface area is 179 Å². The summed E-state index contributed by atoms with van der Waals surface area (Å²) in [6, 6.07) is 26.0. The molecule has 1 aliphatic rings. The quantitative estimate of drug-likeness (QED) is 0.333. The zero-order chi connectivity index (χ0) is 21.4. The Morgan fingerprint density at radius 2 is 1.58 bits per heavy atom. The minimum atomic E-state index is -0.285. The number of carbonyl (C=O) groups excluding carboxylic acids is 1. The van der Waals surface area contributed by atoms with Gasteiger partial charge in [-0.3, -0.25) is 4.79 Å². The second kappa shape index (κ2) is 7.61. The molecule has 5 heteroatoms. The zero-order valence-corrected chi connectivity index (χ0v) is 16.9. The highest BCUT2D eigenvalue weighted by atomic mass is 16.5. The Morgan fingerprint density at radius 3 is 2.39 bits per heavy atom. The molecule has 152 valence electrons. The smallest absolute Gasteiger partial charge is 0.272 e. The maximum Gasteiger partial charge on any atom is 0.272 e. The number of ketones is 1. The van der Waals surface area contributed by atoms with E-state index in [0.717, 1.165) is 22.1 Å². The van der Waals surface area contributed by atoms with Crippen molar-refractivity contribution in [2.45, 2.75) is 6.61 Å². The fraction of sp³-hybridized carbons (Fsp3) is 0.0769. The fourth-order valence-corrected chi connectivity index (χ4v) is 3.79. The summed E-state index contributed by atoms with van der Waals surface area (Å²) >= 11 is 0. The Morgan fingerprint density at radius 1 is 0.839 bits per heavy atom. The van der Waals surface area contributed by atoms with E-state index in [1.165, 1.54) is 0 Å². The predicted molar refractivity (Wildman–Crippen MR) is 119 cm³/mol. The van der Waals surface area contributed by atoms with Gasteiger partial charge in [-0.15, -0.1) is 0 Å². The highest BCUT2D eigenvalue weighted by molar-refractivity contribution is 6.52. The van der Waals surface area contributed by atoms with Gasteiger partial charge in [0.15, 0.2) is 0 Å². The van der Waals surface area contributed by atoms with Crippen LogP contribution in [0.1, 0.15) is 21.5 Å². The van der Waals surface area contributed by atoms with Gasteiger partial charge in [0.1, 0.15) is 23.7 Å². The van der Waals surface area contributed by atoms with E-state index in [-0.39, 0.29) is 11.5 Å². The predicted octanol–water partition coefficient (Wildman–Crippen LogP) is 5.25. The molecule has 0 radical (unpaired) electrons. The number of nitrogens with zero attached hydrogens (tertiary/aromatic N) is 1. The van der Waals surface area contributed by atoms with Crippen molar-refractivity contribution >= 4 is 28.0 Å². The van der Waals surface area contributed by atoms with Crippen LogP contribution in [0.5, 0.6) is 11.5 Å². The monoisotopic (exact) mass is 409 g/mol. The Bertz CT molecular complexity index is 1340. The number of hydrogen-bond donors (Lipinski definition) is 0. The van der Waals surface area contributed by atoms with Gasteiger partial charge in [-0.1, -0.05) is 42.5 Å². The van der Waals surface area contributed by atoms with Crippen LogP contribution in [-0.4, -0.2) is 23.3 Å². The lowest BCUT2D eigenvalue weighted by Crippen LogP contribution is -2.16. The molecular formula is C26H19NO4. The van der Waals surface area contributed by atoms with Crippen LogP contribution in [0.4, 0.5) is 5.69 Å². The van der Waals surface area contributed by atoms with Crippen LogP contribution in [0, 0.1) is 5.21 Å². The van der Waals surface area contributed by atoms with Gasteiger partial charge in [-0.05, 0) is 52.7 Å². The van der Waals surface area contributed by atoms with Gasteiger partial charge in [0.05, 0.1) is 18.7 Å². The van der Waals surface area contributed by atoms with Crippen molar-refractivity contribution in [1.82, 2.24) is 0 Å². The van der Waals surface area contributed by atoms with Crippen molar-refractivity contribution < 1.29 is 19.0 Å². The molecule has 0 bridgehead atoms. The molecule has 0 fully saturated rings. The van der Waals surface area contributed by atoms with Crippen LogP contribution >= 0.6 is 0 Å². The molecule has 0 aliphatic carbocycles. The summed E-state index contributed by atoms with van der Waals surface area (Å²) in [6.45, 7) is 0.386. The minimum absolute atomic E-state index is 0.118. The van der Waals surface area contributed by atoms with Gasteiger partial charge in [-0.2, -0.15) is 4.74 Å². The highest BCUT2D eigenvalue weighted by Gasteiger charge is 2.37. The zero-order valence-electron chi connectivity index (χ0n) is 16.9. The summed E-state index contributed by atoms with van der Waals surface area (Å²) in [6.07, 6.45) is 0. The molecule has 5 nitrogen and oxygen atoms in total. The number of methoxy groups -OCH3 is 1. The number of hydrogen-bond acceptors (Lipinski definition) is 4. The van der Waals surface area contributed by atoms with E-state index in [1.807, 2.05) is 60.7 Å². The van der Waals surface area contributed by atoms with Gasteiger partial charge < -0.3 is 14.7 Å². The third kappa shape index (κ3) is 3.40. The van der Waals surface area contributed by atoms with Crippen molar-refractivity contribution in [2.75, 3.05) is 7.11 Å². The van der Waals surface area contributed by atoms with Crippen LogP contribution in [-0.2, 0) is 6.61 Å². The molecular weight excluding hydrogens is 390 g/mol. The molecule has 1 aliphatic heterocycles. The maximum atomic E-state index is 13.1. The third-order valence-corrected chi connectivity index (χ3v) is 5.42. The molecule has 5 rings (SSSR count). The van der Waals surface area contributed by atoms with Crippen molar-refractivity contribution in [3.63, 3.8) is 0 Å². The summed E-state index contributed by atoms with van der Waals surface area (Å²) in [7, 11) is 1.62. The lowest BCUT2D eigenvalue weighted by molar-refractivity contribution is -0.355. The molecule has 1 heterocycles. The third-order valence-electron chi connectivity index (χ3n) is 5.42. The molecule has 0 amide bonds. The molecule has 4 aromatic rings. The van der Waals surface area contributed by atoms with Crippen LogP contribution in [0.3, 0.4) is 0 Å². The fourth-order valence-electron chi connectivity index (χ4n) is 3.79. The van der Waals surface area contributed by atoms with E-state index in [9.17, 15) is 10.0 Å².